The Morgan fingerprint density at radius 2 is 1.63 bits per heavy atom. The van der Waals surface area contributed by atoms with Crippen molar-refractivity contribution >= 4 is 50.7 Å². The van der Waals surface area contributed by atoms with Crippen LogP contribution in [0.1, 0.15) is 63.6 Å². The highest BCUT2D eigenvalue weighted by Gasteiger charge is 2.31. The molecular weight excluding hydrogens is 545 g/mol. The number of benzene rings is 2. The van der Waals surface area contributed by atoms with Gasteiger partial charge in [0.25, 0.3) is 0 Å². The van der Waals surface area contributed by atoms with Gasteiger partial charge in [-0.3, -0.25) is 13.9 Å². The number of anilines is 1. The van der Waals surface area contributed by atoms with Crippen molar-refractivity contribution in [2.75, 3.05) is 17.1 Å². The molecule has 0 saturated heterocycles. The number of hydrogen-bond acceptors (Lipinski definition) is 4. The van der Waals surface area contributed by atoms with Crippen LogP contribution in [0.25, 0.3) is 0 Å². The summed E-state index contributed by atoms with van der Waals surface area (Å²) in [6.07, 6.45) is 1.89. The van der Waals surface area contributed by atoms with Gasteiger partial charge in [-0.15, -0.1) is 0 Å². The lowest BCUT2D eigenvalue weighted by Crippen LogP contribution is -2.53. The highest BCUT2D eigenvalue weighted by molar-refractivity contribution is 7.92. The molecule has 0 radical (unpaired) electrons. The number of carbonyl (C=O) groups is 2. The first kappa shape index (κ1) is 31.9. The van der Waals surface area contributed by atoms with Gasteiger partial charge in [-0.05, 0) is 88.4 Å². The molecule has 0 heterocycles. The van der Waals surface area contributed by atoms with Crippen LogP contribution in [-0.2, 0) is 26.2 Å². The molecule has 2 rings (SSSR count). The minimum absolute atomic E-state index is 0.0569. The third-order valence-corrected chi connectivity index (χ3v) is 7.67. The maximum atomic E-state index is 13.6. The molecule has 1 unspecified atom stereocenters. The Hall–Kier alpha value is -2.29. The molecule has 0 saturated carbocycles. The fraction of sp³-hybridized carbons (Fsp3) is 0.500. The van der Waals surface area contributed by atoms with Gasteiger partial charge in [0.15, 0.2) is 0 Å². The molecule has 7 nitrogen and oxygen atoms in total. The third kappa shape index (κ3) is 9.47. The Morgan fingerprint density at radius 3 is 2.13 bits per heavy atom. The van der Waals surface area contributed by atoms with Crippen LogP contribution in [0.4, 0.5) is 5.69 Å². The molecule has 2 amide bonds. The van der Waals surface area contributed by atoms with Crippen molar-refractivity contribution in [3.8, 4) is 0 Å². The minimum atomic E-state index is -3.57. The van der Waals surface area contributed by atoms with Gasteiger partial charge < -0.3 is 10.2 Å². The standard InChI is InChI=1S/C28H39Cl2N3O4S/c1-8-25(27(35)31-28(4,5)6)32(18-21-11-12-22(29)17-24(21)30)26(34)10-9-13-33(38(7,36)37)23-15-19(2)14-20(3)16-23/h11-12,14-17,25H,8-10,13,18H2,1-7H3,(H,31,35). The second-order valence-electron chi connectivity index (χ2n) is 10.7. The van der Waals surface area contributed by atoms with Crippen LogP contribution in [0.5, 0.6) is 0 Å². The van der Waals surface area contributed by atoms with E-state index in [4.69, 9.17) is 23.2 Å². The van der Waals surface area contributed by atoms with E-state index in [1.807, 2.05) is 59.7 Å². The maximum absolute atomic E-state index is 13.6. The summed E-state index contributed by atoms with van der Waals surface area (Å²) in [4.78, 5) is 28.3. The van der Waals surface area contributed by atoms with Crippen LogP contribution in [-0.4, -0.2) is 49.5 Å². The molecule has 1 N–H and O–H groups in total. The van der Waals surface area contributed by atoms with Crippen LogP contribution in [0.2, 0.25) is 10.0 Å². The van der Waals surface area contributed by atoms with Gasteiger partial charge in [0.05, 0.1) is 11.9 Å². The molecule has 0 aromatic heterocycles. The van der Waals surface area contributed by atoms with Gasteiger partial charge in [-0.2, -0.15) is 0 Å². The fourth-order valence-corrected chi connectivity index (χ4v) is 5.72. The Kier molecular flexibility index (Phi) is 11.1. The van der Waals surface area contributed by atoms with Gasteiger partial charge in [0, 0.05) is 35.1 Å². The smallest absolute Gasteiger partial charge is 0.243 e. The van der Waals surface area contributed by atoms with Crippen LogP contribution < -0.4 is 9.62 Å². The number of amides is 2. The summed E-state index contributed by atoms with van der Waals surface area (Å²) in [5, 5.41) is 3.84. The van der Waals surface area contributed by atoms with E-state index in [1.54, 1.807) is 18.2 Å². The van der Waals surface area contributed by atoms with E-state index in [9.17, 15) is 18.0 Å². The summed E-state index contributed by atoms with van der Waals surface area (Å²) in [7, 11) is -3.57. The summed E-state index contributed by atoms with van der Waals surface area (Å²) in [5.74, 6) is -0.521. The summed E-state index contributed by atoms with van der Waals surface area (Å²) in [6.45, 7) is 11.6. The molecule has 210 valence electrons. The summed E-state index contributed by atoms with van der Waals surface area (Å²) >= 11 is 12.5. The van der Waals surface area contributed by atoms with Crippen molar-refractivity contribution in [2.45, 2.75) is 78.9 Å². The van der Waals surface area contributed by atoms with Crippen molar-refractivity contribution in [1.29, 1.82) is 0 Å². The molecule has 0 bridgehead atoms. The number of nitrogens with one attached hydrogen (secondary N) is 1. The van der Waals surface area contributed by atoms with E-state index in [2.05, 4.69) is 5.32 Å². The van der Waals surface area contributed by atoms with Gasteiger partial charge in [-0.1, -0.05) is 42.3 Å². The first-order valence-electron chi connectivity index (χ1n) is 12.6. The molecular formula is C28H39Cl2N3O4S. The largest absolute Gasteiger partial charge is 0.350 e. The molecule has 1 atom stereocenters. The number of nitrogens with zero attached hydrogens (tertiary/aromatic N) is 2. The number of halogens is 2. The SMILES string of the molecule is CCC(C(=O)NC(C)(C)C)N(Cc1ccc(Cl)cc1Cl)C(=O)CCCN(c1cc(C)cc(C)c1)S(C)(=O)=O. The van der Waals surface area contributed by atoms with Crippen LogP contribution >= 0.6 is 23.2 Å². The van der Waals surface area contributed by atoms with E-state index in [0.29, 0.717) is 27.7 Å². The van der Waals surface area contributed by atoms with Crippen molar-refractivity contribution in [3.05, 3.63) is 63.1 Å². The maximum Gasteiger partial charge on any atom is 0.243 e. The Labute approximate surface area is 237 Å². The summed E-state index contributed by atoms with van der Waals surface area (Å²) in [6, 6.07) is 9.91. The average molecular weight is 585 g/mol. The number of hydrogen-bond donors (Lipinski definition) is 1. The molecule has 2 aromatic rings. The van der Waals surface area contributed by atoms with Crippen LogP contribution in [0.15, 0.2) is 36.4 Å². The second kappa shape index (κ2) is 13.2. The first-order chi connectivity index (χ1) is 17.5. The van der Waals surface area contributed by atoms with Crippen molar-refractivity contribution in [1.82, 2.24) is 10.2 Å². The molecule has 0 fully saturated rings. The van der Waals surface area contributed by atoms with Crippen LogP contribution in [0.3, 0.4) is 0 Å². The quantitative estimate of drug-likeness (QED) is 0.358. The normalized spacial score (nSPS) is 12.7. The predicted molar refractivity (Wildman–Crippen MR) is 156 cm³/mol. The minimum Gasteiger partial charge on any atom is -0.350 e. The third-order valence-electron chi connectivity index (χ3n) is 5.89. The number of rotatable bonds is 11. The van der Waals surface area contributed by atoms with E-state index in [1.165, 1.54) is 9.21 Å². The van der Waals surface area contributed by atoms with Gasteiger partial charge in [0.1, 0.15) is 6.04 Å². The topological polar surface area (TPSA) is 86.8 Å². The Bertz CT molecular complexity index is 1240. The number of aryl methyl sites for hydroxylation is 2. The molecule has 10 heteroatoms. The summed E-state index contributed by atoms with van der Waals surface area (Å²) in [5.41, 5.74) is 2.66. The number of sulfonamides is 1. The lowest BCUT2D eigenvalue weighted by molar-refractivity contribution is -0.142. The van der Waals surface area contributed by atoms with Gasteiger partial charge in [0.2, 0.25) is 21.8 Å². The fourth-order valence-electron chi connectivity index (χ4n) is 4.30. The molecule has 0 aliphatic carbocycles. The van der Waals surface area contributed by atoms with E-state index in [0.717, 1.165) is 17.4 Å². The van der Waals surface area contributed by atoms with Crippen molar-refractivity contribution < 1.29 is 18.0 Å². The molecule has 0 aliphatic heterocycles. The molecule has 0 aliphatic rings. The number of carbonyl (C=O) groups excluding carboxylic acids is 2. The van der Waals surface area contributed by atoms with E-state index >= 15 is 0 Å². The van der Waals surface area contributed by atoms with Crippen LogP contribution in [0, 0.1) is 13.8 Å². The van der Waals surface area contributed by atoms with Gasteiger partial charge in [-0.25, -0.2) is 8.42 Å². The van der Waals surface area contributed by atoms with E-state index in [-0.39, 0.29) is 37.7 Å². The zero-order valence-corrected chi connectivity index (χ0v) is 25.6. The highest BCUT2D eigenvalue weighted by atomic mass is 35.5. The Balaban J connectivity index is 2.30. The van der Waals surface area contributed by atoms with Crippen molar-refractivity contribution in [2.24, 2.45) is 0 Å². The van der Waals surface area contributed by atoms with Gasteiger partial charge >= 0.3 is 0 Å². The zero-order valence-electron chi connectivity index (χ0n) is 23.3. The lowest BCUT2D eigenvalue weighted by atomic mass is 10.0. The first-order valence-corrected chi connectivity index (χ1v) is 15.2. The molecule has 38 heavy (non-hydrogen) atoms. The lowest BCUT2D eigenvalue weighted by Gasteiger charge is -2.33. The zero-order chi connectivity index (χ0) is 28.8. The highest BCUT2D eigenvalue weighted by Crippen LogP contribution is 2.25. The average Bonchev–Trinajstić information content (AvgIpc) is 2.75. The Morgan fingerprint density at radius 1 is 1.03 bits per heavy atom. The molecule has 2 aromatic carbocycles. The second-order valence-corrected chi connectivity index (χ2v) is 13.5. The summed E-state index contributed by atoms with van der Waals surface area (Å²) < 4.78 is 26.5. The molecule has 0 spiro atoms. The van der Waals surface area contributed by atoms with Crippen molar-refractivity contribution in [3.63, 3.8) is 0 Å². The monoisotopic (exact) mass is 583 g/mol. The van der Waals surface area contributed by atoms with E-state index < -0.39 is 21.6 Å². The predicted octanol–water partition coefficient (Wildman–Crippen LogP) is 5.88.